The summed E-state index contributed by atoms with van der Waals surface area (Å²) in [6, 6.07) is 19.5. The molecule has 3 aromatic carbocycles. The van der Waals surface area contributed by atoms with Crippen molar-refractivity contribution in [1.82, 2.24) is 5.43 Å². The molecule has 0 aliphatic rings. The minimum Gasteiger partial charge on any atom is -0.493 e. The number of hydrogen-bond donors (Lipinski definition) is 2. The lowest BCUT2D eigenvalue weighted by molar-refractivity contribution is -0.118. The second-order valence-corrected chi connectivity index (χ2v) is 8.21. The summed E-state index contributed by atoms with van der Waals surface area (Å²) in [6.45, 7) is -0.194. The normalized spacial score (nSPS) is 10.6. The Morgan fingerprint density at radius 1 is 1.03 bits per heavy atom. The fourth-order valence-corrected chi connectivity index (χ4v) is 3.48. The number of ether oxygens (including phenoxy) is 2. The Morgan fingerprint density at radius 2 is 1.75 bits per heavy atom. The van der Waals surface area contributed by atoms with Crippen LogP contribution in [0.2, 0.25) is 0 Å². The van der Waals surface area contributed by atoms with E-state index in [9.17, 15) is 9.59 Å². The van der Waals surface area contributed by atoms with Crippen LogP contribution in [0.25, 0.3) is 0 Å². The molecular formula is C23H19Br2N3O4. The average molecular weight is 561 g/mol. The molecule has 3 aromatic rings. The Kier molecular flexibility index (Phi) is 8.41. The SMILES string of the molecule is COc1cc(/C=N/NC(=O)c2ccc(Br)cc2)cc(Br)c1OCC(=O)Nc1ccccc1. The van der Waals surface area contributed by atoms with Gasteiger partial charge in [0.2, 0.25) is 0 Å². The van der Waals surface area contributed by atoms with Crippen LogP contribution >= 0.6 is 31.9 Å². The molecule has 0 unspecified atom stereocenters. The first-order valence-corrected chi connectivity index (χ1v) is 11.0. The number of hydrogen-bond acceptors (Lipinski definition) is 5. The third-order valence-electron chi connectivity index (χ3n) is 4.14. The molecule has 7 nitrogen and oxygen atoms in total. The summed E-state index contributed by atoms with van der Waals surface area (Å²) in [4.78, 5) is 24.3. The molecule has 0 atom stereocenters. The highest BCUT2D eigenvalue weighted by Crippen LogP contribution is 2.36. The molecule has 0 aliphatic carbocycles. The van der Waals surface area contributed by atoms with Gasteiger partial charge in [-0.3, -0.25) is 9.59 Å². The van der Waals surface area contributed by atoms with Gasteiger partial charge in [-0.25, -0.2) is 5.43 Å². The molecule has 164 valence electrons. The minimum absolute atomic E-state index is 0.194. The Bertz CT molecular complexity index is 1120. The number of carbonyl (C=O) groups is 2. The number of anilines is 1. The van der Waals surface area contributed by atoms with Crippen LogP contribution in [0.1, 0.15) is 15.9 Å². The topological polar surface area (TPSA) is 89.0 Å². The van der Waals surface area contributed by atoms with Crippen molar-refractivity contribution in [1.29, 1.82) is 0 Å². The lowest BCUT2D eigenvalue weighted by Crippen LogP contribution is -2.20. The van der Waals surface area contributed by atoms with E-state index in [2.05, 4.69) is 47.7 Å². The molecule has 0 saturated carbocycles. The van der Waals surface area contributed by atoms with Gasteiger partial charge in [0.05, 0.1) is 17.8 Å². The predicted molar refractivity (Wildman–Crippen MR) is 130 cm³/mol. The Morgan fingerprint density at radius 3 is 2.44 bits per heavy atom. The van der Waals surface area contributed by atoms with Crippen LogP contribution in [-0.4, -0.2) is 31.7 Å². The second kappa shape index (κ2) is 11.4. The van der Waals surface area contributed by atoms with Crippen molar-refractivity contribution in [2.45, 2.75) is 0 Å². The summed E-state index contributed by atoms with van der Waals surface area (Å²) in [5.74, 6) is 0.162. The van der Waals surface area contributed by atoms with E-state index in [1.54, 1.807) is 48.5 Å². The highest BCUT2D eigenvalue weighted by Gasteiger charge is 2.13. The zero-order valence-electron chi connectivity index (χ0n) is 17.0. The van der Waals surface area contributed by atoms with Crippen LogP contribution in [0.3, 0.4) is 0 Å². The number of methoxy groups -OCH3 is 1. The quantitative estimate of drug-likeness (QED) is 0.300. The van der Waals surface area contributed by atoms with Crippen molar-refractivity contribution >= 4 is 55.6 Å². The van der Waals surface area contributed by atoms with Crippen LogP contribution in [-0.2, 0) is 4.79 Å². The number of rotatable bonds is 8. The molecule has 0 heterocycles. The van der Waals surface area contributed by atoms with E-state index in [1.807, 2.05) is 18.2 Å². The zero-order valence-corrected chi connectivity index (χ0v) is 20.1. The first-order chi connectivity index (χ1) is 15.5. The summed E-state index contributed by atoms with van der Waals surface area (Å²) in [7, 11) is 1.49. The van der Waals surface area contributed by atoms with E-state index in [4.69, 9.17) is 9.47 Å². The molecule has 0 aliphatic heterocycles. The Labute approximate surface area is 202 Å². The number of amides is 2. The van der Waals surface area contributed by atoms with Gasteiger partial charge in [-0.2, -0.15) is 5.10 Å². The van der Waals surface area contributed by atoms with Gasteiger partial charge < -0.3 is 14.8 Å². The first kappa shape index (κ1) is 23.5. The molecule has 0 spiro atoms. The van der Waals surface area contributed by atoms with E-state index >= 15 is 0 Å². The van der Waals surface area contributed by atoms with Gasteiger partial charge in [0.25, 0.3) is 11.8 Å². The zero-order chi connectivity index (χ0) is 22.9. The maximum absolute atomic E-state index is 12.1. The van der Waals surface area contributed by atoms with Crippen molar-refractivity contribution in [2.75, 3.05) is 19.0 Å². The van der Waals surface area contributed by atoms with E-state index in [0.717, 1.165) is 4.47 Å². The van der Waals surface area contributed by atoms with E-state index in [-0.39, 0.29) is 18.4 Å². The van der Waals surface area contributed by atoms with Crippen molar-refractivity contribution in [3.63, 3.8) is 0 Å². The number of nitrogens with one attached hydrogen (secondary N) is 2. The van der Waals surface area contributed by atoms with Gasteiger partial charge >= 0.3 is 0 Å². The fraction of sp³-hybridized carbons (Fsp3) is 0.0870. The van der Waals surface area contributed by atoms with Crippen LogP contribution in [0, 0.1) is 0 Å². The Hall–Kier alpha value is -3.17. The van der Waals surface area contributed by atoms with Crippen molar-refractivity contribution < 1.29 is 19.1 Å². The molecule has 0 radical (unpaired) electrons. The molecule has 9 heteroatoms. The van der Waals surface area contributed by atoms with Gasteiger partial charge in [-0.1, -0.05) is 34.1 Å². The fourth-order valence-electron chi connectivity index (χ4n) is 2.64. The summed E-state index contributed by atoms with van der Waals surface area (Å²) < 4.78 is 12.5. The maximum Gasteiger partial charge on any atom is 0.271 e. The highest BCUT2D eigenvalue weighted by molar-refractivity contribution is 9.10. The monoisotopic (exact) mass is 559 g/mol. The third-order valence-corrected chi connectivity index (χ3v) is 5.26. The van der Waals surface area contributed by atoms with Crippen molar-refractivity contribution in [3.8, 4) is 11.5 Å². The molecular weight excluding hydrogens is 542 g/mol. The highest BCUT2D eigenvalue weighted by atomic mass is 79.9. The third kappa shape index (κ3) is 6.66. The van der Waals surface area contributed by atoms with Crippen molar-refractivity contribution in [3.05, 3.63) is 86.8 Å². The molecule has 0 aromatic heterocycles. The van der Waals surface area contributed by atoms with Gasteiger partial charge in [0.15, 0.2) is 18.1 Å². The Balaban J connectivity index is 1.62. The van der Waals surface area contributed by atoms with Crippen molar-refractivity contribution in [2.24, 2.45) is 5.10 Å². The number of nitrogens with zero attached hydrogens (tertiary/aromatic N) is 1. The smallest absolute Gasteiger partial charge is 0.271 e. The van der Waals surface area contributed by atoms with E-state index < -0.39 is 0 Å². The first-order valence-electron chi connectivity index (χ1n) is 9.40. The summed E-state index contributed by atoms with van der Waals surface area (Å²) in [5.41, 5.74) is 4.31. The lowest BCUT2D eigenvalue weighted by atomic mass is 10.2. The van der Waals surface area contributed by atoms with Gasteiger partial charge in [-0.15, -0.1) is 0 Å². The summed E-state index contributed by atoms with van der Waals surface area (Å²) in [5, 5.41) is 6.74. The number of halogens is 2. The summed E-state index contributed by atoms with van der Waals surface area (Å²) >= 11 is 6.76. The number of hydrazone groups is 1. The van der Waals surface area contributed by atoms with Crippen LogP contribution in [0.15, 0.2) is 80.8 Å². The number of benzene rings is 3. The molecule has 32 heavy (non-hydrogen) atoms. The minimum atomic E-state index is -0.329. The number of carbonyl (C=O) groups excluding carboxylic acids is 2. The van der Waals surface area contributed by atoms with Crippen LogP contribution in [0.4, 0.5) is 5.69 Å². The van der Waals surface area contributed by atoms with Gasteiger partial charge in [-0.05, 0) is 70.0 Å². The molecule has 3 rings (SSSR count). The molecule has 0 bridgehead atoms. The van der Waals surface area contributed by atoms with Gasteiger partial charge in [0, 0.05) is 15.7 Å². The maximum atomic E-state index is 12.1. The predicted octanol–water partition coefficient (Wildman–Crippen LogP) is 5.00. The average Bonchev–Trinajstić information content (AvgIpc) is 2.79. The van der Waals surface area contributed by atoms with Crippen LogP contribution in [0.5, 0.6) is 11.5 Å². The number of para-hydroxylation sites is 1. The molecule has 0 saturated heterocycles. The van der Waals surface area contributed by atoms with Gasteiger partial charge in [0.1, 0.15) is 0 Å². The molecule has 2 amide bonds. The van der Waals surface area contributed by atoms with Crippen LogP contribution < -0.4 is 20.2 Å². The van der Waals surface area contributed by atoms with E-state index in [0.29, 0.717) is 32.8 Å². The molecule has 0 fully saturated rings. The lowest BCUT2D eigenvalue weighted by Gasteiger charge is -2.13. The van der Waals surface area contributed by atoms with E-state index in [1.165, 1.54) is 13.3 Å². The summed E-state index contributed by atoms with van der Waals surface area (Å²) in [6.07, 6.45) is 1.48. The second-order valence-electron chi connectivity index (χ2n) is 6.44. The largest absolute Gasteiger partial charge is 0.493 e. The molecule has 2 N–H and O–H groups in total. The standard InChI is InChI=1S/C23H19Br2N3O4/c1-31-20-12-15(13-26-28-23(30)16-7-9-17(24)10-8-16)11-19(25)22(20)32-14-21(29)27-18-5-3-2-4-6-18/h2-13H,14H2,1H3,(H,27,29)(H,28,30)/b26-13+.